The molecule has 0 N–H and O–H groups in total. The van der Waals surface area contributed by atoms with Gasteiger partial charge in [0.15, 0.2) is 11.5 Å². The highest BCUT2D eigenvalue weighted by molar-refractivity contribution is 6.74. The van der Waals surface area contributed by atoms with Gasteiger partial charge in [0.25, 0.3) is 0 Å². The van der Waals surface area contributed by atoms with Gasteiger partial charge in [-0.05, 0) is 71.9 Å². The number of hydrogen-bond donors (Lipinski definition) is 0. The molecule has 0 aliphatic carbocycles. The predicted octanol–water partition coefficient (Wildman–Crippen LogP) is 7.08. The third-order valence-corrected chi connectivity index (χ3v) is 10.4. The van der Waals surface area contributed by atoms with Crippen molar-refractivity contribution in [2.24, 2.45) is 5.11 Å². The van der Waals surface area contributed by atoms with E-state index in [9.17, 15) is 0 Å². The van der Waals surface area contributed by atoms with Crippen LogP contribution in [-0.2, 0) is 6.42 Å². The topological polar surface area (TPSA) is 85.7 Å². The molecule has 0 radical (unpaired) electrons. The molecule has 0 saturated carbocycles. The number of rotatable bonds is 10. The molecule has 0 heterocycles. The normalized spacial score (nSPS) is 12.5. The first-order chi connectivity index (χ1) is 15.1. The Hall–Kier alpha value is -2.83. The van der Waals surface area contributed by atoms with Crippen LogP contribution >= 0.6 is 0 Å². The lowest BCUT2D eigenvalue weighted by atomic mass is 9.99. The summed E-state index contributed by atoms with van der Waals surface area (Å²) in [6.07, 6.45) is 1.31. The first-order valence-corrected chi connectivity index (χ1v) is 13.6. The molecule has 0 amide bonds. The average molecular weight is 458 g/mol. The van der Waals surface area contributed by atoms with E-state index in [4.69, 9.17) is 24.2 Å². The Morgan fingerprint density at radius 3 is 2.12 bits per heavy atom. The van der Waals surface area contributed by atoms with Gasteiger partial charge < -0.3 is 18.6 Å². The summed E-state index contributed by atoms with van der Waals surface area (Å²) >= 11 is 0. The van der Waals surface area contributed by atoms with Crippen LogP contribution in [0.15, 0.2) is 41.5 Å². The molecule has 2 aromatic carbocycles. The van der Waals surface area contributed by atoms with Gasteiger partial charge >= 0.3 is 0 Å². The van der Waals surface area contributed by atoms with Crippen molar-refractivity contribution in [1.29, 1.82) is 0 Å². The second kappa shape index (κ2) is 10.7. The number of benzene rings is 2. The molecule has 0 fully saturated rings. The van der Waals surface area contributed by atoms with Gasteiger partial charge in [-0.1, -0.05) is 38.0 Å². The Morgan fingerprint density at radius 1 is 1.00 bits per heavy atom. The van der Waals surface area contributed by atoms with Crippen LogP contribution in [0.4, 0.5) is 0 Å². The highest BCUT2D eigenvalue weighted by Gasteiger charge is 2.39. The fourth-order valence-corrected chi connectivity index (χ4v) is 4.19. The van der Waals surface area contributed by atoms with Gasteiger partial charge in [0.1, 0.15) is 5.75 Å². The number of aryl methyl sites for hydroxylation is 1. The van der Waals surface area contributed by atoms with Gasteiger partial charge in [-0.3, -0.25) is 0 Å². The standard InChI is InChI=1S/C24H35N3O4Si/c1-24(2,3)32(7,8)31-19-11-9-10-18(16-19)20(26-27-25)13-12-17-14-21(28-4)23(30-6)22(15-17)29-5/h9-11,14-16,20H,12-13H2,1-8H3/t20-/m0/s1. The predicted molar refractivity (Wildman–Crippen MR) is 131 cm³/mol. The van der Waals surface area contributed by atoms with Gasteiger partial charge in [-0.25, -0.2) is 0 Å². The third-order valence-electron chi connectivity index (χ3n) is 6.04. The average Bonchev–Trinajstić information content (AvgIpc) is 2.74. The van der Waals surface area contributed by atoms with Crippen molar-refractivity contribution in [2.75, 3.05) is 21.3 Å². The van der Waals surface area contributed by atoms with E-state index in [-0.39, 0.29) is 11.1 Å². The van der Waals surface area contributed by atoms with Crippen molar-refractivity contribution in [2.45, 2.75) is 57.8 Å². The minimum atomic E-state index is -1.97. The Balaban J connectivity index is 2.26. The van der Waals surface area contributed by atoms with Gasteiger partial charge in [0, 0.05) is 4.91 Å². The van der Waals surface area contributed by atoms with Crippen molar-refractivity contribution in [3.05, 3.63) is 58.0 Å². The van der Waals surface area contributed by atoms with Crippen LogP contribution in [0.2, 0.25) is 18.1 Å². The summed E-state index contributed by atoms with van der Waals surface area (Å²) in [6, 6.07) is 11.4. The van der Waals surface area contributed by atoms with Crippen LogP contribution in [0, 0.1) is 0 Å². The fraction of sp³-hybridized carbons (Fsp3) is 0.500. The fourth-order valence-electron chi connectivity index (χ4n) is 3.17. The molecule has 0 aromatic heterocycles. The van der Waals surface area contributed by atoms with E-state index in [0.717, 1.165) is 16.9 Å². The first-order valence-electron chi connectivity index (χ1n) is 10.7. The zero-order chi connectivity index (χ0) is 23.9. The molecule has 2 rings (SSSR count). The first kappa shape index (κ1) is 25.4. The number of azide groups is 1. The minimum Gasteiger partial charge on any atom is -0.543 e. The Bertz CT molecular complexity index is 941. The van der Waals surface area contributed by atoms with E-state index in [1.165, 1.54) is 0 Å². The third kappa shape index (κ3) is 6.11. The van der Waals surface area contributed by atoms with Crippen molar-refractivity contribution in [1.82, 2.24) is 0 Å². The lowest BCUT2D eigenvalue weighted by Gasteiger charge is -2.36. The van der Waals surface area contributed by atoms with Gasteiger partial charge in [-0.2, -0.15) is 0 Å². The Morgan fingerprint density at radius 2 is 1.62 bits per heavy atom. The smallest absolute Gasteiger partial charge is 0.250 e. The molecule has 1 atom stereocenters. The summed E-state index contributed by atoms with van der Waals surface area (Å²) in [7, 11) is 2.80. The summed E-state index contributed by atoms with van der Waals surface area (Å²) in [6.45, 7) is 11.1. The van der Waals surface area contributed by atoms with Crippen molar-refractivity contribution < 1.29 is 18.6 Å². The van der Waals surface area contributed by atoms with Crippen LogP contribution in [0.5, 0.6) is 23.0 Å². The summed E-state index contributed by atoms with van der Waals surface area (Å²) in [5.41, 5.74) is 11.1. The maximum atomic E-state index is 9.17. The van der Waals surface area contributed by atoms with E-state index >= 15 is 0 Å². The second-order valence-electron chi connectivity index (χ2n) is 9.23. The quantitative estimate of drug-likeness (QED) is 0.165. The number of hydrogen-bond acceptors (Lipinski definition) is 5. The Labute approximate surface area is 192 Å². The van der Waals surface area contributed by atoms with Crippen molar-refractivity contribution in [3.8, 4) is 23.0 Å². The van der Waals surface area contributed by atoms with E-state index in [0.29, 0.717) is 30.1 Å². The number of nitrogens with zero attached hydrogens (tertiary/aromatic N) is 3. The monoisotopic (exact) mass is 457 g/mol. The molecule has 0 spiro atoms. The van der Waals surface area contributed by atoms with Gasteiger partial charge in [0.05, 0.1) is 27.4 Å². The molecule has 0 unspecified atom stereocenters. The lowest BCUT2D eigenvalue weighted by Crippen LogP contribution is -2.43. The second-order valence-corrected chi connectivity index (χ2v) is 14.0. The Kier molecular flexibility index (Phi) is 8.47. The summed E-state index contributed by atoms with van der Waals surface area (Å²) in [5.74, 6) is 2.58. The van der Waals surface area contributed by atoms with Crippen LogP contribution in [-0.4, -0.2) is 29.6 Å². The van der Waals surface area contributed by atoms with Crippen LogP contribution < -0.4 is 18.6 Å². The molecule has 0 bridgehead atoms. The van der Waals surface area contributed by atoms with Crippen molar-refractivity contribution >= 4 is 8.32 Å². The van der Waals surface area contributed by atoms with E-state index < -0.39 is 8.32 Å². The minimum absolute atomic E-state index is 0.0969. The van der Waals surface area contributed by atoms with Crippen molar-refractivity contribution in [3.63, 3.8) is 0 Å². The van der Waals surface area contributed by atoms with Crippen LogP contribution in [0.1, 0.15) is 44.4 Å². The number of methoxy groups -OCH3 is 3. The van der Waals surface area contributed by atoms with Gasteiger partial charge in [0.2, 0.25) is 14.1 Å². The molecule has 7 nitrogen and oxygen atoms in total. The largest absolute Gasteiger partial charge is 0.543 e. The molecular weight excluding hydrogens is 422 g/mol. The zero-order valence-corrected chi connectivity index (χ0v) is 21.4. The molecule has 32 heavy (non-hydrogen) atoms. The molecule has 0 aliphatic heterocycles. The number of ether oxygens (including phenoxy) is 3. The van der Waals surface area contributed by atoms with Gasteiger partial charge in [-0.15, -0.1) is 0 Å². The summed E-state index contributed by atoms with van der Waals surface area (Å²) < 4.78 is 22.7. The summed E-state index contributed by atoms with van der Waals surface area (Å²) in [5, 5.41) is 4.16. The van der Waals surface area contributed by atoms with Crippen LogP contribution in [0.25, 0.3) is 10.4 Å². The lowest BCUT2D eigenvalue weighted by molar-refractivity contribution is 0.323. The molecular formula is C24H35N3O4Si. The maximum absolute atomic E-state index is 9.17. The molecule has 2 aromatic rings. The molecule has 0 aliphatic rings. The zero-order valence-electron chi connectivity index (χ0n) is 20.4. The van der Waals surface area contributed by atoms with E-state index in [1.807, 2.05) is 36.4 Å². The van der Waals surface area contributed by atoms with E-state index in [2.05, 4.69) is 43.9 Å². The molecule has 174 valence electrons. The molecule has 8 heteroatoms. The highest BCUT2D eigenvalue weighted by atomic mass is 28.4. The van der Waals surface area contributed by atoms with Crippen LogP contribution in [0.3, 0.4) is 0 Å². The molecule has 0 saturated heterocycles. The SMILES string of the molecule is COc1cc(CC[C@H](N=[N+]=[N-])c2cccc(O[Si](C)(C)C(C)(C)C)c2)cc(OC)c1OC. The summed E-state index contributed by atoms with van der Waals surface area (Å²) in [4.78, 5) is 3.09. The maximum Gasteiger partial charge on any atom is 0.250 e. The van der Waals surface area contributed by atoms with E-state index in [1.54, 1.807) is 21.3 Å². The highest BCUT2D eigenvalue weighted by Crippen LogP contribution is 2.40.